The van der Waals surface area contributed by atoms with Crippen LogP contribution in [0.2, 0.25) is 0 Å². The highest BCUT2D eigenvalue weighted by Crippen LogP contribution is 2.54. The van der Waals surface area contributed by atoms with E-state index >= 15 is 0 Å². The maximum Gasteiger partial charge on any atom is 0.337 e. The fourth-order valence-electron chi connectivity index (χ4n) is 3.61. The van der Waals surface area contributed by atoms with Gasteiger partial charge in [-0.2, -0.15) is 0 Å². The summed E-state index contributed by atoms with van der Waals surface area (Å²) < 4.78 is 4.75. The first-order chi connectivity index (χ1) is 9.23. The molecule has 19 heavy (non-hydrogen) atoms. The molecule has 2 aliphatic rings. The SMILES string of the molecule is COC(=O)c1ccc(C2(CC3CCCC3)CC2)cc1. The van der Waals surface area contributed by atoms with Crippen molar-refractivity contribution >= 4 is 5.97 Å². The molecule has 0 aromatic heterocycles. The van der Waals surface area contributed by atoms with Gasteiger partial charge in [0, 0.05) is 0 Å². The third-order valence-corrected chi connectivity index (χ3v) is 4.93. The Bertz CT molecular complexity index is 451. The fraction of sp³-hybridized carbons (Fsp3) is 0.588. The monoisotopic (exact) mass is 258 g/mol. The molecule has 0 heterocycles. The Balaban J connectivity index is 1.72. The van der Waals surface area contributed by atoms with E-state index < -0.39 is 0 Å². The maximum atomic E-state index is 11.4. The first-order valence-electron chi connectivity index (χ1n) is 7.42. The minimum Gasteiger partial charge on any atom is -0.465 e. The van der Waals surface area contributed by atoms with E-state index in [1.165, 1.54) is 57.6 Å². The van der Waals surface area contributed by atoms with E-state index in [1.807, 2.05) is 12.1 Å². The Labute approximate surface area is 115 Å². The van der Waals surface area contributed by atoms with Crippen LogP contribution >= 0.6 is 0 Å². The molecule has 2 saturated carbocycles. The summed E-state index contributed by atoms with van der Waals surface area (Å²) in [6.45, 7) is 0. The number of methoxy groups -OCH3 is 1. The molecule has 2 heteroatoms. The summed E-state index contributed by atoms with van der Waals surface area (Å²) in [5.41, 5.74) is 2.51. The van der Waals surface area contributed by atoms with Crippen LogP contribution in [-0.2, 0) is 10.2 Å². The zero-order chi connectivity index (χ0) is 13.3. The number of rotatable bonds is 4. The van der Waals surface area contributed by atoms with Gasteiger partial charge in [-0.25, -0.2) is 4.79 Å². The second-order valence-corrected chi connectivity index (χ2v) is 6.20. The van der Waals surface area contributed by atoms with E-state index in [-0.39, 0.29) is 5.97 Å². The lowest BCUT2D eigenvalue weighted by Gasteiger charge is -2.20. The summed E-state index contributed by atoms with van der Waals surface area (Å²) >= 11 is 0. The van der Waals surface area contributed by atoms with Crippen molar-refractivity contribution in [1.29, 1.82) is 0 Å². The Morgan fingerprint density at radius 3 is 2.37 bits per heavy atom. The number of ether oxygens (including phenoxy) is 1. The smallest absolute Gasteiger partial charge is 0.337 e. The predicted octanol–water partition coefficient (Wildman–Crippen LogP) is 4.09. The van der Waals surface area contributed by atoms with E-state index in [4.69, 9.17) is 4.74 Å². The molecule has 102 valence electrons. The second-order valence-electron chi connectivity index (χ2n) is 6.20. The quantitative estimate of drug-likeness (QED) is 0.760. The minimum atomic E-state index is -0.243. The summed E-state index contributed by atoms with van der Waals surface area (Å²) in [5.74, 6) is 0.690. The van der Waals surface area contributed by atoms with E-state index in [0.717, 1.165) is 5.92 Å². The molecule has 0 N–H and O–H groups in total. The number of benzene rings is 1. The van der Waals surface area contributed by atoms with Crippen molar-refractivity contribution in [2.45, 2.75) is 50.4 Å². The molecule has 0 aliphatic heterocycles. The lowest BCUT2D eigenvalue weighted by molar-refractivity contribution is 0.0600. The highest BCUT2D eigenvalue weighted by atomic mass is 16.5. The van der Waals surface area contributed by atoms with Gasteiger partial charge in [-0.1, -0.05) is 37.8 Å². The van der Waals surface area contributed by atoms with Crippen LogP contribution in [-0.4, -0.2) is 13.1 Å². The van der Waals surface area contributed by atoms with E-state index in [0.29, 0.717) is 11.0 Å². The first kappa shape index (κ1) is 12.7. The fourth-order valence-corrected chi connectivity index (χ4v) is 3.61. The average molecular weight is 258 g/mol. The predicted molar refractivity (Wildman–Crippen MR) is 75.3 cm³/mol. The normalized spacial score (nSPS) is 21.3. The molecule has 1 aromatic rings. The molecule has 3 rings (SSSR count). The highest BCUT2D eigenvalue weighted by molar-refractivity contribution is 5.89. The summed E-state index contributed by atoms with van der Waals surface area (Å²) in [4.78, 5) is 11.4. The minimum absolute atomic E-state index is 0.243. The van der Waals surface area contributed by atoms with Gasteiger partial charge in [0.25, 0.3) is 0 Å². The van der Waals surface area contributed by atoms with Crippen LogP contribution in [0.15, 0.2) is 24.3 Å². The van der Waals surface area contributed by atoms with Gasteiger partial charge in [0.05, 0.1) is 12.7 Å². The Kier molecular flexibility index (Phi) is 3.34. The number of hydrogen-bond acceptors (Lipinski definition) is 2. The van der Waals surface area contributed by atoms with Crippen molar-refractivity contribution in [3.63, 3.8) is 0 Å². The average Bonchev–Trinajstić information content (AvgIpc) is 3.05. The molecule has 0 unspecified atom stereocenters. The molecule has 0 radical (unpaired) electrons. The molecule has 0 amide bonds. The Morgan fingerprint density at radius 2 is 1.84 bits per heavy atom. The van der Waals surface area contributed by atoms with Crippen LogP contribution < -0.4 is 0 Å². The molecule has 0 atom stereocenters. The van der Waals surface area contributed by atoms with Crippen molar-refractivity contribution in [3.8, 4) is 0 Å². The Morgan fingerprint density at radius 1 is 1.21 bits per heavy atom. The van der Waals surface area contributed by atoms with Gasteiger partial charge in [0.15, 0.2) is 0 Å². The van der Waals surface area contributed by atoms with Gasteiger partial charge in [0.2, 0.25) is 0 Å². The summed E-state index contributed by atoms with van der Waals surface area (Å²) in [5, 5.41) is 0. The molecule has 0 spiro atoms. The van der Waals surface area contributed by atoms with Gasteiger partial charge in [-0.05, 0) is 48.3 Å². The molecule has 0 bridgehead atoms. The van der Waals surface area contributed by atoms with Crippen molar-refractivity contribution in [3.05, 3.63) is 35.4 Å². The molecular formula is C17H22O2. The topological polar surface area (TPSA) is 26.3 Å². The van der Waals surface area contributed by atoms with E-state index in [1.54, 1.807) is 0 Å². The van der Waals surface area contributed by atoms with Gasteiger partial charge in [-0.15, -0.1) is 0 Å². The van der Waals surface area contributed by atoms with E-state index in [2.05, 4.69) is 12.1 Å². The van der Waals surface area contributed by atoms with Crippen LogP contribution in [0.3, 0.4) is 0 Å². The zero-order valence-electron chi connectivity index (χ0n) is 11.7. The molecule has 2 fully saturated rings. The third-order valence-electron chi connectivity index (χ3n) is 4.93. The van der Waals surface area contributed by atoms with Gasteiger partial charge >= 0.3 is 5.97 Å². The number of esters is 1. The third kappa shape index (κ3) is 2.54. The maximum absolute atomic E-state index is 11.4. The van der Waals surface area contributed by atoms with Crippen LogP contribution in [0.25, 0.3) is 0 Å². The standard InChI is InChI=1S/C17H22O2/c1-19-16(18)14-6-8-15(9-7-14)17(10-11-17)12-13-4-2-3-5-13/h6-9,13H,2-5,10-12H2,1H3. The molecule has 0 saturated heterocycles. The van der Waals surface area contributed by atoms with Gasteiger partial charge in [0.1, 0.15) is 0 Å². The van der Waals surface area contributed by atoms with Gasteiger partial charge < -0.3 is 4.74 Å². The number of carbonyl (C=O) groups excluding carboxylic acids is 1. The second kappa shape index (κ2) is 4.99. The van der Waals surface area contributed by atoms with Crippen molar-refractivity contribution < 1.29 is 9.53 Å². The van der Waals surface area contributed by atoms with Crippen molar-refractivity contribution in [2.24, 2.45) is 5.92 Å². The van der Waals surface area contributed by atoms with Crippen LogP contribution in [0.4, 0.5) is 0 Å². The van der Waals surface area contributed by atoms with Crippen LogP contribution in [0.5, 0.6) is 0 Å². The van der Waals surface area contributed by atoms with Crippen molar-refractivity contribution in [2.75, 3.05) is 7.11 Å². The lowest BCUT2D eigenvalue weighted by atomic mass is 9.85. The number of hydrogen-bond donors (Lipinski definition) is 0. The zero-order valence-corrected chi connectivity index (χ0v) is 11.7. The molecular weight excluding hydrogens is 236 g/mol. The Hall–Kier alpha value is -1.31. The lowest BCUT2D eigenvalue weighted by Crippen LogP contribution is -2.12. The molecule has 2 nitrogen and oxygen atoms in total. The summed E-state index contributed by atoms with van der Waals surface area (Å²) in [6.07, 6.45) is 9.67. The summed E-state index contributed by atoms with van der Waals surface area (Å²) in [7, 11) is 1.43. The number of carbonyl (C=O) groups is 1. The highest BCUT2D eigenvalue weighted by Gasteiger charge is 2.45. The first-order valence-corrected chi connectivity index (χ1v) is 7.42. The molecule has 2 aliphatic carbocycles. The van der Waals surface area contributed by atoms with Gasteiger partial charge in [-0.3, -0.25) is 0 Å². The molecule has 1 aromatic carbocycles. The van der Waals surface area contributed by atoms with Crippen LogP contribution in [0.1, 0.15) is 60.9 Å². The van der Waals surface area contributed by atoms with Crippen LogP contribution in [0, 0.1) is 5.92 Å². The summed E-state index contributed by atoms with van der Waals surface area (Å²) in [6, 6.07) is 8.09. The van der Waals surface area contributed by atoms with E-state index in [9.17, 15) is 4.79 Å². The van der Waals surface area contributed by atoms with Crippen molar-refractivity contribution in [1.82, 2.24) is 0 Å². The largest absolute Gasteiger partial charge is 0.465 e.